The predicted octanol–water partition coefficient (Wildman–Crippen LogP) is 3.95. The number of hydrogen-bond acceptors (Lipinski definition) is 4. The molecule has 0 unspecified atom stereocenters. The number of aromatic amines is 2. The fraction of sp³-hybridized carbons (Fsp3) is 0.261. The fourth-order valence-corrected chi connectivity index (χ4v) is 4.80. The number of benzene rings is 2. The predicted molar refractivity (Wildman–Crippen MR) is 133 cm³/mol. The second-order valence-electron chi connectivity index (χ2n) is 8.07. The lowest BCUT2D eigenvalue weighted by molar-refractivity contribution is 0.0734. The maximum absolute atomic E-state index is 13.5. The third kappa shape index (κ3) is 4.16. The molecule has 0 saturated carbocycles. The molecule has 3 heterocycles. The van der Waals surface area contributed by atoms with Crippen molar-refractivity contribution in [2.24, 2.45) is 5.84 Å². The van der Waals surface area contributed by atoms with Crippen molar-refractivity contribution in [1.29, 1.82) is 0 Å². The van der Waals surface area contributed by atoms with E-state index in [1.54, 1.807) is 0 Å². The Bertz CT molecular complexity index is 1290. The number of rotatable bonds is 5. The van der Waals surface area contributed by atoms with E-state index < -0.39 is 0 Å². The second kappa shape index (κ2) is 8.88. The molecule has 166 valence electrons. The molecule has 1 aliphatic rings. The molecule has 0 spiro atoms. The summed E-state index contributed by atoms with van der Waals surface area (Å²) >= 11 is 9.69. The van der Waals surface area contributed by atoms with Gasteiger partial charge in [-0.15, -0.1) is 0 Å². The molecular formula is C23H24BrClN6O. The van der Waals surface area contributed by atoms with Crippen molar-refractivity contribution in [3.63, 3.8) is 0 Å². The van der Waals surface area contributed by atoms with E-state index in [4.69, 9.17) is 17.4 Å². The number of fused-ring (bicyclic) bond motifs is 2. The normalized spacial score (nSPS) is 15.0. The van der Waals surface area contributed by atoms with Gasteiger partial charge in [-0.1, -0.05) is 33.6 Å². The number of hydrazine groups is 1. The van der Waals surface area contributed by atoms with Gasteiger partial charge in [0.2, 0.25) is 0 Å². The summed E-state index contributed by atoms with van der Waals surface area (Å²) in [6.45, 7) is 5.06. The quantitative estimate of drug-likeness (QED) is 0.184. The van der Waals surface area contributed by atoms with E-state index in [2.05, 4.69) is 36.1 Å². The van der Waals surface area contributed by atoms with Crippen LogP contribution in [-0.4, -0.2) is 65.1 Å². The van der Waals surface area contributed by atoms with Gasteiger partial charge >= 0.3 is 0 Å². The number of piperazine rings is 1. The highest BCUT2D eigenvalue weighted by molar-refractivity contribution is 9.10. The third-order valence-corrected chi connectivity index (χ3v) is 6.68. The minimum absolute atomic E-state index is 0.208. The zero-order chi connectivity index (χ0) is 22.2. The largest absolute Gasteiger partial charge is 0.353 e. The van der Waals surface area contributed by atoms with Gasteiger partial charge in [-0.3, -0.25) is 14.7 Å². The minimum Gasteiger partial charge on any atom is -0.353 e. The van der Waals surface area contributed by atoms with Crippen molar-refractivity contribution < 1.29 is 4.79 Å². The molecule has 5 rings (SSSR count). The van der Waals surface area contributed by atoms with Gasteiger partial charge in [0.15, 0.2) is 0 Å². The van der Waals surface area contributed by atoms with Crippen LogP contribution in [0.25, 0.3) is 33.2 Å². The van der Waals surface area contributed by atoms with Gasteiger partial charge in [0, 0.05) is 64.0 Å². The Labute approximate surface area is 199 Å². The van der Waals surface area contributed by atoms with Gasteiger partial charge in [0.25, 0.3) is 5.91 Å². The van der Waals surface area contributed by atoms with Crippen molar-refractivity contribution in [2.75, 3.05) is 39.3 Å². The maximum atomic E-state index is 13.5. The molecule has 0 aliphatic carbocycles. The Morgan fingerprint density at radius 2 is 1.91 bits per heavy atom. The minimum atomic E-state index is -0.208. The Balaban J connectivity index is 1.52. The van der Waals surface area contributed by atoms with Gasteiger partial charge in [-0.2, -0.15) is 0 Å². The number of halogens is 2. The number of carbonyl (C=O) groups is 1. The summed E-state index contributed by atoms with van der Waals surface area (Å²) in [7, 11) is 0. The molecule has 1 fully saturated rings. The van der Waals surface area contributed by atoms with E-state index in [1.165, 1.54) is 5.01 Å². The van der Waals surface area contributed by atoms with Crippen LogP contribution in [0.1, 0.15) is 10.4 Å². The highest BCUT2D eigenvalue weighted by Gasteiger charge is 2.24. The Hall–Kier alpha value is -2.36. The molecule has 0 radical (unpaired) electrons. The molecule has 2 aromatic heterocycles. The van der Waals surface area contributed by atoms with Crippen LogP contribution >= 0.6 is 27.5 Å². The zero-order valence-electron chi connectivity index (χ0n) is 17.4. The first kappa shape index (κ1) is 21.5. The number of nitrogens with two attached hydrogens (primary N) is 1. The van der Waals surface area contributed by atoms with Gasteiger partial charge in [-0.05, 0) is 36.4 Å². The average Bonchev–Trinajstić information content (AvgIpc) is 3.38. The first-order valence-corrected chi connectivity index (χ1v) is 11.8. The molecule has 9 heteroatoms. The van der Waals surface area contributed by atoms with Crippen molar-refractivity contribution >= 4 is 55.2 Å². The van der Waals surface area contributed by atoms with Crippen LogP contribution in [0.2, 0.25) is 5.02 Å². The first-order valence-electron chi connectivity index (χ1n) is 10.6. The second-order valence-corrected chi connectivity index (χ2v) is 9.42. The Morgan fingerprint density at radius 3 is 2.72 bits per heavy atom. The summed E-state index contributed by atoms with van der Waals surface area (Å²) in [6, 6.07) is 13.5. The van der Waals surface area contributed by atoms with Crippen LogP contribution in [0.3, 0.4) is 0 Å². The Kier molecular flexibility index (Phi) is 5.96. The maximum Gasteiger partial charge on any atom is 0.270 e. The highest BCUT2D eigenvalue weighted by Crippen LogP contribution is 2.34. The van der Waals surface area contributed by atoms with Crippen LogP contribution in [0.4, 0.5) is 0 Å². The van der Waals surface area contributed by atoms with E-state index in [0.717, 1.165) is 64.7 Å². The van der Waals surface area contributed by atoms with E-state index in [1.807, 2.05) is 42.5 Å². The van der Waals surface area contributed by atoms with Crippen molar-refractivity contribution in [2.45, 2.75) is 0 Å². The molecule has 0 bridgehead atoms. The van der Waals surface area contributed by atoms with Crippen LogP contribution in [0.15, 0.2) is 46.9 Å². The summed E-state index contributed by atoms with van der Waals surface area (Å²) in [4.78, 5) is 22.7. The molecule has 1 aliphatic heterocycles. The van der Waals surface area contributed by atoms with E-state index in [9.17, 15) is 4.79 Å². The molecule has 1 saturated heterocycles. The number of H-pyrrole nitrogens is 2. The van der Waals surface area contributed by atoms with Crippen LogP contribution in [0.5, 0.6) is 0 Å². The number of aromatic nitrogens is 2. The Morgan fingerprint density at radius 1 is 1.09 bits per heavy atom. The van der Waals surface area contributed by atoms with Crippen molar-refractivity contribution in [1.82, 2.24) is 25.2 Å². The average molecular weight is 516 g/mol. The lowest BCUT2D eigenvalue weighted by Gasteiger charge is -2.28. The van der Waals surface area contributed by atoms with Gasteiger partial charge < -0.3 is 15.3 Å². The smallest absolute Gasteiger partial charge is 0.270 e. The lowest BCUT2D eigenvalue weighted by Crippen LogP contribution is -2.48. The summed E-state index contributed by atoms with van der Waals surface area (Å²) < 4.78 is 0.934. The third-order valence-electron chi connectivity index (χ3n) is 5.95. The molecule has 7 nitrogen and oxygen atoms in total. The summed E-state index contributed by atoms with van der Waals surface area (Å²) in [5.41, 5.74) is 3.91. The summed E-state index contributed by atoms with van der Waals surface area (Å²) in [6.07, 6.45) is 0. The number of nitrogens with one attached hydrogen (secondary N) is 3. The number of carbonyl (C=O) groups excluding carboxylic acids is 1. The molecule has 4 aromatic rings. The van der Waals surface area contributed by atoms with Crippen LogP contribution in [0, 0.1) is 0 Å². The molecule has 32 heavy (non-hydrogen) atoms. The molecular weight excluding hydrogens is 492 g/mol. The van der Waals surface area contributed by atoms with Gasteiger partial charge in [0.05, 0.1) is 23.5 Å². The van der Waals surface area contributed by atoms with E-state index >= 15 is 0 Å². The standard InChI is InChI=1S/C23H24BrClN6O/c24-15-1-3-17-19(13-15)29-22(20-12-14-11-16(25)2-4-18(14)28-20)21(17)23(32)31(26)10-9-30-7-5-27-6-8-30/h1-4,11-13,27-29H,5-10,26H2. The lowest BCUT2D eigenvalue weighted by atomic mass is 10.1. The number of nitrogens with zero attached hydrogens (tertiary/aromatic N) is 2. The van der Waals surface area contributed by atoms with E-state index in [0.29, 0.717) is 22.8 Å². The number of amides is 1. The van der Waals surface area contributed by atoms with Crippen molar-refractivity contribution in [3.8, 4) is 11.4 Å². The SMILES string of the molecule is NN(CCN1CCNCC1)C(=O)c1c(-c2cc3cc(Cl)ccc3[nH]2)[nH]c2cc(Br)ccc12. The van der Waals surface area contributed by atoms with Crippen molar-refractivity contribution in [3.05, 3.63) is 57.5 Å². The van der Waals surface area contributed by atoms with Crippen LogP contribution in [-0.2, 0) is 0 Å². The monoisotopic (exact) mass is 514 g/mol. The molecule has 2 aromatic carbocycles. The summed E-state index contributed by atoms with van der Waals surface area (Å²) in [5, 5.41) is 7.15. The molecule has 1 amide bonds. The fourth-order valence-electron chi connectivity index (χ4n) is 4.26. The topological polar surface area (TPSA) is 93.2 Å². The number of hydrogen-bond donors (Lipinski definition) is 4. The highest BCUT2D eigenvalue weighted by atomic mass is 79.9. The van der Waals surface area contributed by atoms with Gasteiger partial charge in [-0.25, -0.2) is 5.84 Å². The van der Waals surface area contributed by atoms with Gasteiger partial charge in [0.1, 0.15) is 0 Å². The van der Waals surface area contributed by atoms with E-state index in [-0.39, 0.29) is 5.91 Å². The zero-order valence-corrected chi connectivity index (χ0v) is 19.8. The van der Waals surface area contributed by atoms with Crippen LogP contribution < -0.4 is 11.2 Å². The summed E-state index contributed by atoms with van der Waals surface area (Å²) in [5.74, 6) is 6.07. The first-order chi connectivity index (χ1) is 15.5. The molecule has 5 N–H and O–H groups in total. The molecule has 0 atom stereocenters.